The number of carbonyl (C=O) groups excluding carboxylic acids is 1. The summed E-state index contributed by atoms with van der Waals surface area (Å²) in [6.45, 7) is 0.690. The number of likely N-dealkylation sites (tertiary alicyclic amines) is 1. The normalized spacial score (nSPS) is 15.8. The largest absolute Gasteiger partial charge is 0.497 e. The summed E-state index contributed by atoms with van der Waals surface area (Å²) in [5.74, 6) is 1.91. The summed E-state index contributed by atoms with van der Waals surface area (Å²) >= 11 is 0. The van der Waals surface area contributed by atoms with Crippen molar-refractivity contribution in [3.8, 4) is 22.8 Å². The molecule has 1 fully saturated rings. The third kappa shape index (κ3) is 4.40. The minimum atomic E-state index is -0.367. The summed E-state index contributed by atoms with van der Waals surface area (Å²) in [7, 11) is 3.25. The smallest absolute Gasteiger partial charge is 0.223 e. The first-order valence-corrected chi connectivity index (χ1v) is 10.3. The lowest BCUT2D eigenvalue weighted by atomic mass is 10.0. The van der Waals surface area contributed by atoms with Crippen LogP contribution in [0, 0.1) is 5.82 Å². The number of aromatic nitrogens is 1. The molecule has 1 saturated heterocycles. The third-order valence-electron chi connectivity index (χ3n) is 5.61. The van der Waals surface area contributed by atoms with Gasteiger partial charge in [-0.3, -0.25) is 4.79 Å². The quantitative estimate of drug-likeness (QED) is 0.545. The first kappa shape index (κ1) is 20.9. The highest BCUT2D eigenvalue weighted by atomic mass is 19.1. The van der Waals surface area contributed by atoms with Gasteiger partial charge in [-0.25, -0.2) is 9.37 Å². The molecule has 0 aliphatic carbocycles. The molecule has 1 aromatic heterocycles. The van der Waals surface area contributed by atoms with Gasteiger partial charge in [-0.05, 0) is 43.2 Å². The van der Waals surface area contributed by atoms with E-state index >= 15 is 0 Å². The molecule has 1 aliphatic heterocycles. The second kappa shape index (κ2) is 9.20. The molecule has 1 aliphatic rings. The Morgan fingerprint density at radius 2 is 2.06 bits per heavy atom. The van der Waals surface area contributed by atoms with Crippen LogP contribution in [0.3, 0.4) is 0 Å². The highest BCUT2D eigenvalue weighted by Gasteiger charge is 2.32. The Labute approximate surface area is 180 Å². The first-order chi connectivity index (χ1) is 15.1. The van der Waals surface area contributed by atoms with Crippen LogP contribution in [0.15, 0.2) is 53.1 Å². The standard InChI is InChI=1S/C24H25FN2O4/c1-29-16-9-10-21(30-2)18(14-16)20-8-5-13-27(20)24(28)12-11-23-26-15-22(31-23)17-6-3-4-7-19(17)25/h3-4,6-7,9-10,14-15,20H,5,8,11-13H2,1-2H3. The summed E-state index contributed by atoms with van der Waals surface area (Å²) in [6, 6.07) is 12.0. The van der Waals surface area contributed by atoms with Gasteiger partial charge < -0.3 is 18.8 Å². The van der Waals surface area contributed by atoms with E-state index in [4.69, 9.17) is 13.9 Å². The number of carbonyl (C=O) groups is 1. The third-order valence-corrected chi connectivity index (χ3v) is 5.61. The molecular formula is C24H25FN2O4. The fraction of sp³-hybridized carbons (Fsp3) is 0.333. The van der Waals surface area contributed by atoms with Crippen molar-refractivity contribution in [3.05, 3.63) is 65.9 Å². The highest BCUT2D eigenvalue weighted by molar-refractivity contribution is 5.77. The lowest BCUT2D eigenvalue weighted by Crippen LogP contribution is -2.31. The minimum Gasteiger partial charge on any atom is -0.497 e. The summed E-state index contributed by atoms with van der Waals surface area (Å²) in [5, 5.41) is 0. The van der Waals surface area contributed by atoms with E-state index in [2.05, 4.69) is 4.98 Å². The van der Waals surface area contributed by atoms with E-state index < -0.39 is 0 Å². The van der Waals surface area contributed by atoms with Crippen LogP contribution in [-0.4, -0.2) is 36.6 Å². The number of nitrogens with zero attached hydrogens (tertiary/aromatic N) is 2. The lowest BCUT2D eigenvalue weighted by molar-refractivity contribution is -0.132. The van der Waals surface area contributed by atoms with Crippen molar-refractivity contribution in [2.45, 2.75) is 31.7 Å². The number of hydrogen-bond donors (Lipinski definition) is 0. The van der Waals surface area contributed by atoms with Crippen molar-refractivity contribution in [3.63, 3.8) is 0 Å². The fourth-order valence-electron chi connectivity index (χ4n) is 4.06. The Hall–Kier alpha value is -3.35. The van der Waals surface area contributed by atoms with Crippen molar-refractivity contribution >= 4 is 5.91 Å². The number of amides is 1. The van der Waals surface area contributed by atoms with E-state index in [9.17, 15) is 9.18 Å². The molecule has 6 nitrogen and oxygen atoms in total. The van der Waals surface area contributed by atoms with Gasteiger partial charge in [0.25, 0.3) is 0 Å². The molecule has 0 spiro atoms. The molecule has 0 N–H and O–H groups in total. The Morgan fingerprint density at radius 1 is 1.23 bits per heavy atom. The van der Waals surface area contributed by atoms with Gasteiger partial charge in [0.05, 0.1) is 32.0 Å². The van der Waals surface area contributed by atoms with Crippen LogP contribution in [0.5, 0.6) is 11.5 Å². The maximum Gasteiger partial charge on any atom is 0.223 e. The highest BCUT2D eigenvalue weighted by Crippen LogP contribution is 2.39. The average molecular weight is 424 g/mol. The molecular weight excluding hydrogens is 399 g/mol. The van der Waals surface area contributed by atoms with Crippen LogP contribution in [0.1, 0.15) is 36.8 Å². The van der Waals surface area contributed by atoms with Crippen LogP contribution < -0.4 is 9.47 Å². The maximum atomic E-state index is 14.0. The number of benzene rings is 2. The summed E-state index contributed by atoms with van der Waals surface area (Å²) < 4.78 is 30.5. The van der Waals surface area contributed by atoms with Gasteiger partial charge in [0.2, 0.25) is 5.91 Å². The Bertz CT molecular complexity index is 1070. The van der Waals surface area contributed by atoms with Gasteiger partial charge in [0, 0.05) is 24.9 Å². The van der Waals surface area contributed by atoms with Gasteiger partial charge >= 0.3 is 0 Å². The van der Waals surface area contributed by atoms with Crippen LogP contribution in [0.2, 0.25) is 0 Å². The molecule has 7 heteroatoms. The number of halogens is 1. The van der Waals surface area contributed by atoms with E-state index in [0.29, 0.717) is 30.2 Å². The second-order valence-corrected chi connectivity index (χ2v) is 7.45. The number of hydrogen-bond acceptors (Lipinski definition) is 5. The van der Waals surface area contributed by atoms with E-state index in [1.807, 2.05) is 23.1 Å². The number of methoxy groups -OCH3 is 2. The molecule has 2 heterocycles. The minimum absolute atomic E-state index is 0.0259. The number of aryl methyl sites for hydroxylation is 1. The zero-order valence-electron chi connectivity index (χ0n) is 17.6. The molecule has 1 unspecified atom stereocenters. The molecule has 0 radical (unpaired) electrons. The van der Waals surface area contributed by atoms with Crippen molar-refractivity contribution in [1.29, 1.82) is 0 Å². The predicted molar refractivity (Wildman–Crippen MR) is 113 cm³/mol. The number of ether oxygens (including phenoxy) is 2. The summed E-state index contributed by atoms with van der Waals surface area (Å²) in [5.41, 5.74) is 1.31. The van der Waals surface area contributed by atoms with Gasteiger partial charge in [0.1, 0.15) is 17.3 Å². The number of rotatable bonds is 7. The van der Waals surface area contributed by atoms with Gasteiger partial charge in [-0.15, -0.1) is 0 Å². The van der Waals surface area contributed by atoms with Gasteiger partial charge in [-0.2, -0.15) is 0 Å². The van der Waals surface area contributed by atoms with E-state index in [-0.39, 0.29) is 24.2 Å². The zero-order valence-corrected chi connectivity index (χ0v) is 17.6. The lowest BCUT2D eigenvalue weighted by Gasteiger charge is -2.26. The van der Waals surface area contributed by atoms with Gasteiger partial charge in [-0.1, -0.05) is 12.1 Å². The van der Waals surface area contributed by atoms with Crippen LogP contribution >= 0.6 is 0 Å². The Kier molecular flexibility index (Phi) is 6.21. The fourth-order valence-corrected chi connectivity index (χ4v) is 4.06. The maximum absolute atomic E-state index is 14.0. The summed E-state index contributed by atoms with van der Waals surface area (Å²) in [4.78, 5) is 19.1. The first-order valence-electron chi connectivity index (χ1n) is 10.3. The second-order valence-electron chi connectivity index (χ2n) is 7.45. The van der Waals surface area contributed by atoms with Crippen LogP contribution in [0.4, 0.5) is 4.39 Å². The van der Waals surface area contributed by atoms with Gasteiger partial charge in [0.15, 0.2) is 11.7 Å². The van der Waals surface area contributed by atoms with Crippen LogP contribution in [-0.2, 0) is 11.2 Å². The van der Waals surface area contributed by atoms with Crippen molar-refractivity contribution in [1.82, 2.24) is 9.88 Å². The SMILES string of the molecule is COc1ccc(OC)c(C2CCCN2C(=O)CCc2ncc(-c3ccccc3F)o2)c1. The molecule has 2 aromatic carbocycles. The Balaban J connectivity index is 1.45. The average Bonchev–Trinajstić information content (AvgIpc) is 3.47. The molecule has 31 heavy (non-hydrogen) atoms. The van der Waals surface area contributed by atoms with Crippen LogP contribution in [0.25, 0.3) is 11.3 Å². The Morgan fingerprint density at radius 3 is 2.84 bits per heavy atom. The van der Waals surface area contributed by atoms with Crippen molar-refractivity contribution in [2.24, 2.45) is 0 Å². The molecule has 0 saturated carbocycles. The molecule has 3 aromatic rings. The van der Waals surface area contributed by atoms with Crippen molar-refractivity contribution < 1.29 is 23.1 Å². The topological polar surface area (TPSA) is 64.8 Å². The molecule has 0 bridgehead atoms. The van der Waals surface area contributed by atoms with Crippen molar-refractivity contribution in [2.75, 3.05) is 20.8 Å². The molecule has 1 amide bonds. The summed E-state index contributed by atoms with van der Waals surface area (Å²) in [6.07, 6.45) is 3.91. The van der Waals surface area contributed by atoms with E-state index in [0.717, 1.165) is 29.9 Å². The zero-order chi connectivity index (χ0) is 21.8. The van der Waals surface area contributed by atoms with E-state index in [1.54, 1.807) is 32.4 Å². The molecule has 4 rings (SSSR count). The number of oxazole rings is 1. The molecule has 162 valence electrons. The molecule has 1 atom stereocenters. The van der Waals surface area contributed by atoms with E-state index in [1.165, 1.54) is 12.3 Å². The monoisotopic (exact) mass is 424 g/mol. The predicted octanol–water partition coefficient (Wildman–Crippen LogP) is 4.79.